The molecule has 2 aromatic heterocycles. The number of halogens is 3. The van der Waals surface area contributed by atoms with Crippen molar-refractivity contribution in [3.05, 3.63) is 92.9 Å². The number of alkyl halides is 3. The van der Waals surface area contributed by atoms with Crippen LogP contribution in [0.2, 0.25) is 0 Å². The third-order valence-electron chi connectivity index (χ3n) is 6.42. The normalized spacial score (nSPS) is 17.8. The molecule has 1 aliphatic rings. The topological polar surface area (TPSA) is 78.2 Å². The number of aryl methyl sites for hydroxylation is 1. The Balaban J connectivity index is 1.64. The van der Waals surface area contributed by atoms with E-state index < -0.39 is 23.2 Å². The summed E-state index contributed by atoms with van der Waals surface area (Å²) in [7, 11) is 0. The standard InChI is InChI=1S/C26H27F3N4O3/c1-5-16(2)11-33-21(8-9-22(24(33)35)32-12-17(3)31-15-32)23(34)30-14-25(4)20-10-19(26(27,28)29)7-6-18(20)13-36-25/h5-10,12,15H,11,13-14H2,1-4H3,(H,30,34)/b16-5-. The number of nitrogens with zero attached hydrogens (tertiary/aromatic N) is 3. The average molecular weight is 501 g/mol. The molecule has 0 bridgehead atoms. The Kier molecular flexibility index (Phi) is 6.66. The lowest BCUT2D eigenvalue weighted by Crippen LogP contribution is -2.41. The molecular formula is C26H27F3N4O3. The van der Waals surface area contributed by atoms with Gasteiger partial charge in [-0.05, 0) is 63.1 Å². The molecule has 190 valence electrons. The summed E-state index contributed by atoms with van der Waals surface area (Å²) in [6, 6.07) is 6.61. The Morgan fingerprint density at radius 1 is 1.28 bits per heavy atom. The van der Waals surface area contributed by atoms with E-state index in [-0.39, 0.29) is 30.9 Å². The lowest BCUT2D eigenvalue weighted by molar-refractivity contribution is -0.137. The minimum Gasteiger partial charge on any atom is -0.364 e. The molecule has 0 fully saturated rings. The number of pyridine rings is 1. The van der Waals surface area contributed by atoms with E-state index in [1.807, 2.05) is 26.8 Å². The van der Waals surface area contributed by atoms with Gasteiger partial charge in [-0.15, -0.1) is 0 Å². The molecule has 1 aliphatic heterocycles. The second-order valence-electron chi connectivity index (χ2n) is 9.12. The van der Waals surface area contributed by atoms with Crippen LogP contribution in [0, 0.1) is 6.92 Å². The van der Waals surface area contributed by atoms with Crippen LogP contribution in [-0.4, -0.2) is 26.6 Å². The van der Waals surface area contributed by atoms with Crippen molar-refractivity contribution in [2.45, 2.75) is 52.6 Å². The highest BCUT2D eigenvalue weighted by Crippen LogP contribution is 2.39. The molecule has 0 saturated heterocycles. The zero-order valence-corrected chi connectivity index (χ0v) is 20.4. The van der Waals surface area contributed by atoms with Crippen molar-refractivity contribution >= 4 is 5.91 Å². The molecule has 36 heavy (non-hydrogen) atoms. The second kappa shape index (κ2) is 9.42. The van der Waals surface area contributed by atoms with Crippen LogP contribution >= 0.6 is 0 Å². The highest BCUT2D eigenvalue weighted by Gasteiger charge is 2.39. The van der Waals surface area contributed by atoms with E-state index in [0.29, 0.717) is 16.8 Å². The predicted molar refractivity (Wildman–Crippen MR) is 128 cm³/mol. The minimum absolute atomic E-state index is 0.0700. The summed E-state index contributed by atoms with van der Waals surface area (Å²) in [5.41, 5.74) is 0.825. The fourth-order valence-electron chi connectivity index (χ4n) is 4.18. The highest BCUT2D eigenvalue weighted by atomic mass is 19.4. The maximum Gasteiger partial charge on any atom is 0.416 e. The molecule has 0 radical (unpaired) electrons. The van der Waals surface area contributed by atoms with E-state index in [9.17, 15) is 22.8 Å². The third kappa shape index (κ3) is 4.86. The van der Waals surface area contributed by atoms with E-state index in [2.05, 4.69) is 10.3 Å². The van der Waals surface area contributed by atoms with Crippen molar-refractivity contribution in [1.29, 1.82) is 0 Å². The Morgan fingerprint density at radius 2 is 2.03 bits per heavy atom. The van der Waals surface area contributed by atoms with Gasteiger partial charge in [-0.2, -0.15) is 13.2 Å². The van der Waals surface area contributed by atoms with Gasteiger partial charge in [-0.3, -0.25) is 14.2 Å². The van der Waals surface area contributed by atoms with E-state index in [4.69, 9.17) is 4.74 Å². The largest absolute Gasteiger partial charge is 0.416 e. The van der Waals surface area contributed by atoms with Crippen molar-refractivity contribution < 1.29 is 22.7 Å². The highest BCUT2D eigenvalue weighted by molar-refractivity contribution is 5.92. The van der Waals surface area contributed by atoms with Gasteiger partial charge in [0.05, 0.1) is 30.7 Å². The van der Waals surface area contributed by atoms with Crippen LogP contribution in [-0.2, 0) is 29.7 Å². The van der Waals surface area contributed by atoms with Gasteiger partial charge in [0.15, 0.2) is 0 Å². The van der Waals surface area contributed by atoms with Crippen LogP contribution in [0.5, 0.6) is 0 Å². The van der Waals surface area contributed by atoms with E-state index in [1.165, 1.54) is 17.0 Å². The van der Waals surface area contributed by atoms with E-state index in [1.54, 1.807) is 29.8 Å². The van der Waals surface area contributed by atoms with Gasteiger partial charge in [0.2, 0.25) is 0 Å². The van der Waals surface area contributed by atoms with Crippen LogP contribution in [0.15, 0.2) is 59.3 Å². The second-order valence-corrected chi connectivity index (χ2v) is 9.12. The summed E-state index contributed by atoms with van der Waals surface area (Å²) < 4.78 is 48.6. The number of imidazole rings is 1. The Bertz CT molecular complexity index is 1400. The summed E-state index contributed by atoms with van der Waals surface area (Å²) in [6.07, 6.45) is 0.612. The molecule has 4 rings (SSSR count). The molecule has 1 unspecified atom stereocenters. The lowest BCUT2D eigenvalue weighted by Gasteiger charge is -2.26. The van der Waals surface area contributed by atoms with Crippen molar-refractivity contribution in [1.82, 2.24) is 19.4 Å². The summed E-state index contributed by atoms with van der Waals surface area (Å²) in [5.74, 6) is -0.533. The van der Waals surface area contributed by atoms with Gasteiger partial charge in [0.25, 0.3) is 11.5 Å². The molecule has 10 heteroatoms. The fourth-order valence-corrected chi connectivity index (χ4v) is 4.18. The zero-order valence-electron chi connectivity index (χ0n) is 20.4. The van der Waals surface area contributed by atoms with Gasteiger partial charge in [-0.25, -0.2) is 4.98 Å². The van der Waals surface area contributed by atoms with E-state index in [0.717, 1.165) is 23.4 Å². The number of amides is 1. The Labute approximate surface area is 206 Å². The number of aromatic nitrogens is 3. The van der Waals surface area contributed by atoms with Crippen LogP contribution < -0.4 is 10.9 Å². The van der Waals surface area contributed by atoms with Gasteiger partial charge in [0.1, 0.15) is 17.0 Å². The molecule has 7 nitrogen and oxygen atoms in total. The SMILES string of the molecule is C/C=C(/C)Cn1c(C(=O)NCC2(C)OCc3ccc(C(F)(F)F)cc32)ccc(-n2cnc(C)c2)c1=O. The van der Waals surface area contributed by atoms with Gasteiger partial charge < -0.3 is 14.6 Å². The van der Waals surface area contributed by atoms with Crippen molar-refractivity contribution in [2.24, 2.45) is 0 Å². The molecule has 0 saturated carbocycles. The maximum atomic E-state index is 13.3. The molecule has 3 heterocycles. The summed E-state index contributed by atoms with van der Waals surface area (Å²) in [6.45, 7) is 7.41. The first kappa shape index (κ1) is 25.4. The quantitative estimate of drug-likeness (QED) is 0.506. The maximum absolute atomic E-state index is 13.3. The molecule has 1 amide bonds. The lowest BCUT2D eigenvalue weighted by atomic mass is 9.92. The molecule has 1 N–H and O–H groups in total. The van der Waals surface area contributed by atoms with E-state index >= 15 is 0 Å². The molecule has 1 aromatic carbocycles. The van der Waals surface area contributed by atoms with Crippen LogP contribution in [0.3, 0.4) is 0 Å². The molecule has 3 aromatic rings. The predicted octanol–water partition coefficient (Wildman–Crippen LogP) is 4.50. The van der Waals surface area contributed by atoms with Gasteiger partial charge in [-0.1, -0.05) is 17.7 Å². The molecule has 0 aliphatic carbocycles. The minimum atomic E-state index is -4.49. The van der Waals surface area contributed by atoms with Crippen molar-refractivity contribution in [3.63, 3.8) is 0 Å². The number of carbonyl (C=O) groups excluding carboxylic acids is 1. The first-order valence-electron chi connectivity index (χ1n) is 11.4. The first-order chi connectivity index (χ1) is 16.9. The van der Waals surface area contributed by atoms with Crippen LogP contribution in [0.25, 0.3) is 5.69 Å². The van der Waals surface area contributed by atoms with Crippen LogP contribution in [0.1, 0.15) is 53.6 Å². The number of nitrogens with one attached hydrogen (secondary N) is 1. The summed E-state index contributed by atoms with van der Waals surface area (Å²) >= 11 is 0. The summed E-state index contributed by atoms with van der Waals surface area (Å²) in [5, 5.41) is 2.76. The fraction of sp³-hybridized carbons (Fsp3) is 0.346. The monoisotopic (exact) mass is 500 g/mol. The number of allylic oxidation sites excluding steroid dienone is 2. The van der Waals surface area contributed by atoms with Crippen molar-refractivity contribution in [3.8, 4) is 5.69 Å². The number of benzene rings is 1. The number of hydrogen-bond donors (Lipinski definition) is 1. The molecule has 1 atom stereocenters. The third-order valence-corrected chi connectivity index (χ3v) is 6.42. The number of ether oxygens (including phenoxy) is 1. The Morgan fingerprint density at radius 3 is 2.67 bits per heavy atom. The molecular weight excluding hydrogens is 473 g/mol. The molecule has 0 spiro atoms. The number of fused-ring (bicyclic) bond motifs is 1. The van der Waals surface area contributed by atoms with Crippen molar-refractivity contribution in [2.75, 3.05) is 6.54 Å². The van der Waals surface area contributed by atoms with Gasteiger partial charge >= 0.3 is 6.18 Å². The van der Waals surface area contributed by atoms with Crippen LogP contribution in [0.4, 0.5) is 13.2 Å². The average Bonchev–Trinajstić information content (AvgIpc) is 3.41. The summed E-state index contributed by atoms with van der Waals surface area (Å²) in [4.78, 5) is 30.7. The Hall–Kier alpha value is -3.66. The smallest absolute Gasteiger partial charge is 0.364 e. The van der Waals surface area contributed by atoms with Gasteiger partial charge in [0, 0.05) is 12.7 Å². The number of hydrogen-bond acceptors (Lipinski definition) is 4. The first-order valence-corrected chi connectivity index (χ1v) is 11.4. The zero-order chi connectivity index (χ0) is 26.3. The number of rotatable bonds is 6. The number of carbonyl (C=O) groups is 1.